The molecule has 1 N–H and O–H groups in total. The topological polar surface area (TPSA) is 113 Å². The Morgan fingerprint density at radius 3 is 2.77 bits per heavy atom. The molecule has 2 aromatic rings. The highest BCUT2D eigenvalue weighted by atomic mass is 32.2. The SMILES string of the molecule is COCCN1CCN(Cc2cc(=O)n3[nH]cnc3n2)[C@@H]2CS(=O)(=O)C[C@@H]21. The fraction of sp³-hybridized carbons (Fsp3) is 0.667. The van der Waals surface area contributed by atoms with E-state index in [1.54, 1.807) is 7.11 Å². The highest BCUT2D eigenvalue weighted by Gasteiger charge is 2.46. The first-order valence-electron chi connectivity index (χ1n) is 8.56. The van der Waals surface area contributed by atoms with Crippen molar-refractivity contribution in [3.63, 3.8) is 0 Å². The van der Waals surface area contributed by atoms with Gasteiger partial charge in [0.2, 0.25) is 0 Å². The maximum Gasteiger partial charge on any atom is 0.274 e. The van der Waals surface area contributed by atoms with Crippen LogP contribution in [0.3, 0.4) is 0 Å². The van der Waals surface area contributed by atoms with Crippen molar-refractivity contribution in [3.05, 3.63) is 28.4 Å². The number of aromatic amines is 1. The van der Waals surface area contributed by atoms with Crippen LogP contribution in [0.1, 0.15) is 5.69 Å². The average molecular weight is 382 g/mol. The Hall–Kier alpha value is -1.82. The molecule has 11 heteroatoms. The lowest BCUT2D eigenvalue weighted by atomic mass is 10.0. The second kappa shape index (κ2) is 6.72. The minimum atomic E-state index is -3.07. The van der Waals surface area contributed by atoms with Crippen LogP contribution in [0, 0.1) is 0 Å². The molecule has 0 unspecified atom stereocenters. The van der Waals surface area contributed by atoms with Crippen LogP contribution in [0.5, 0.6) is 0 Å². The Labute approximate surface area is 150 Å². The van der Waals surface area contributed by atoms with Crippen molar-refractivity contribution in [2.45, 2.75) is 18.6 Å². The number of hydrogen-bond donors (Lipinski definition) is 1. The van der Waals surface area contributed by atoms with Crippen LogP contribution >= 0.6 is 0 Å². The van der Waals surface area contributed by atoms with Crippen LogP contribution in [0.25, 0.3) is 5.78 Å². The maximum atomic E-state index is 12.2. The van der Waals surface area contributed by atoms with E-state index in [1.807, 2.05) is 0 Å². The summed E-state index contributed by atoms with van der Waals surface area (Å²) in [5, 5.41) is 2.71. The van der Waals surface area contributed by atoms with Crippen molar-refractivity contribution in [1.29, 1.82) is 0 Å². The van der Waals surface area contributed by atoms with Crippen molar-refractivity contribution >= 4 is 15.6 Å². The molecule has 2 atom stereocenters. The predicted octanol–water partition coefficient (Wildman–Crippen LogP) is -1.65. The van der Waals surface area contributed by atoms with Gasteiger partial charge in [0, 0.05) is 51.4 Å². The number of sulfone groups is 1. The lowest BCUT2D eigenvalue weighted by Crippen LogP contribution is -2.59. The molecule has 4 heterocycles. The predicted molar refractivity (Wildman–Crippen MR) is 93.7 cm³/mol. The number of fused-ring (bicyclic) bond motifs is 2. The number of methoxy groups -OCH3 is 1. The van der Waals surface area contributed by atoms with Gasteiger partial charge in [0.05, 0.1) is 23.8 Å². The minimum absolute atomic E-state index is 0.0425. The summed E-state index contributed by atoms with van der Waals surface area (Å²) in [5.41, 5.74) is 0.382. The molecule has 26 heavy (non-hydrogen) atoms. The molecule has 0 spiro atoms. The molecule has 2 saturated heterocycles. The molecular weight excluding hydrogens is 360 g/mol. The van der Waals surface area contributed by atoms with E-state index in [-0.39, 0.29) is 29.1 Å². The molecule has 0 aliphatic carbocycles. The Bertz CT molecular complexity index is 954. The molecular formula is C15H22N6O4S. The smallest absolute Gasteiger partial charge is 0.274 e. The highest BCUT2D eigenvalue weighted by molar-refractivity contribution is 7.91. The standard InChI is InChI=1S/C15H22N6O4S/c1-25-5-4-19-2-3-20(13-9-26(23,24)8-12(13)19)7-11-6-14(22)21-15(18-11)16-10-17-21/h6,10,12-13H,2-5,7-9H2,1H3,(H,16,17,18)/t12-,13+/m0/s1. The van der Waals surface area contributed by atoms with Gasteiger partial charge in [-0.15, -0.1) is 0 Å². The Kier molecular flexibility index (Phi) is 4.55. The average Bonchev–Trinajstić information content (AvgIpc) is 3.18. The molecule has 0 aromatic carbocycles. The largest absolute Gasteiger partial charge is 0.383 e. The van der Waals surface area contributed by atoms with Crippen molar-refractivity contribution in [2.24, 2.45) is 0 Å². The van der Waals surface area contributed by atoms with Gasteiger partial charge in [-0.2, -0.15) is 4.52 Å². The fourth-order valence-electron chi connectivity index (χ4n) is 3.94. The molecule has 2 fully saturated rings. The van der Waals surface area contributed by atoms with E-state index in [4.69, 9.17) is 4.74 Å². The van der Waals surface area contributed by atoms with Gasteiger partial charge < -0.3 is 4.74 Å². The lowest BCUT2D eigenvalue weighted by Gasteiger charge is -2.43. The van der Waals surface area contributed by atoms with Crippen LogP contribution in [0.15, 0.2) is 17.2 Å². The molecule has 142 valence electrons. The van der Waals surface area contributed by atoms with Crippen LogP contribution in [-0.4, -0.2) is 94.7 Å². The zero-order valence-corrected chi connectivity index (χ0v) is 15.4. The highest BCUT2D eigenvalue weighted by Crippen LogP contribution is 2.27. The Balaban J connectivity index is 1.57. The molecule has 2 aliphatic rings. The summed E-state index contributed by atoms with van der Waals surface area (Å²) in [7, 11) is -1.43. The molecule has 2 aromatic heterocycles. The van der Waals surface area contributed by atoms with E-state index in [9.17, 15) is 13.2 Å². The van der Waals surface area contributed by atoms with Crippen LogP contribution in [-0.2, 0) is 21.1 Å². The maximum absolute atomic E-state index is 12.2. The van der Waals surface area contributed by atoms with E-state index in [2.05, 4.69) is 24.9 Å². The molecule has 4 rings (SSSR count). The van der Waals surface area contributed by atoms with E-state index < -0.39 is 9.84 Å². The Morgan fingerprint density at radius 1 is 1.27 bits per heavy atom. The second-order valence-corrected chi connectivity index (χ2v) is 8.97. The molecule has 0 saturated carbocycles. The van der Waals surface area contributed by atoms with E-state index in [0.717, 1.165) is 19.6 Å². The van der Waals surface area contributed by atoms with Gasteiger partial charge in [-0.05, 0) is 0 Å². The number of H-pyrrole nitrogens is 1. The molecule has 0 radical (unpaired) electrons. The minimum Gasteiger partial charge on any atom is -0.383 e. The number of ether oxygens (including phenoxy) is 1. The summed E-state index contributed by atoms with van der Waals surface area (Å²) < 4.78 is 30.9. The van der Waals surface area contributed by atoms with Gasteiger partial charge >= 0.3 is 0 Å². The summed E-state index contributed by atoms with van der Waals surface area (Å²) in [5.74, 6) is 0.638. The Morgan fingerprint density at radius 2 is 2.00 bits per heavy atom. The van der Waals surface area contributed by atoms with E-state index in [1.165, 1.54) is 16.9 Å². The molecule has 2 aliphatic heterocycles. The number of hydrogen-bond acceptors (Lipinski definition) is 8. The van der Waals surface area contributed by atoms with Crippen LogP contribution in [0.4, 0.5) is 0 Å². The van der Waals surface area contributed by atoms with Crippen molar-refractivity contribution in [1.82, 2.24) is 29.4 Å². The zero-order valence-electron chi connectivity index (χ0n) is 14.5. The van der Waals surface area contributed by atoms with Crippen molar-refractivity contribution in [3.8, 4) is 0 Å². The van der Waals surface area contributed by atoms with Crippen LogP contribution in [0.2, 0.25) is 0 Å². The number of nitrogens with zero attached hydrogens (tertiary/aromatic N) is 5. The third kappa shape index (κ3) is 3.27. The monoisotopic (exact) mass is 382 g/mol. The summed E-state index contributed by atoms with van der Waals surface area (Å²) >= 11 is 0. The van der Waals surface area contributed by atoms with Crippen molar-refractivity contribution in [2.75, 3.05) is 44.9 Å². The molecule has 0 bridgehead atoms. The fourth-order valence-corrected chi connectivity index (χ4v) is 5.98. The van der Waals surface area contributed by atoms with Gasteiger partial charge in [-0.3, -0.25) is 19.7 Å². The second-order valence-electron chi connectivity index (χ2n) is 6.82. The van der Waals surface area contributed by atoms with Crippen molar-refractivity contribution < 1.29 is 13.2 Å². The summed E-state index contributed by atoms with van der Waals surface area (Å²) in [6.07, 6.45) is 1.42. The van der Waals surface area contributed by atoms with Gasteiger partial charge in [-0.25, -0.2) is 18.4 Å². The first kappa shape index (κ1) is 17.6. The molecule has 10 nitrogen and oxygen atoms in total. The van der Waals surface area contributed by atoms with Crippen LogP contribution < -0.4 is 5.56 Å². The van der Waals surface area contributed by atoms with Gasteiger partial charge in [-0.1, -0.05) is 0 Å². The zero-order chi connectivity index (χ0) is 18.3. The van der Waals surface area contributed by atoms with Gasteiger partial charge in [0.15, 0.2) is 9.84 Å². The first-order chi connectivity index (χ1) is 12.5. The summed E-state index contributed by atoms with van der Waals surface area (Å²) in [6, 6.07) is 1.34. The summed E-state index contributed by atoms with van der Waals surface area (Å²) in [4.78, 5) is 24.9. The molecule has 0 amide bonds. The number of rotatable bonds is 5. The van der Waals surface area contributed by atoms with E-state index >= 15 is 0 Å². The normalized spacial score (nSPS) is 26.3. The number of aromatic nitrogens is 4. The number of piperazine rings is 1. The third-order valence-corrected chi connectivity index (χ3v) is 6.87. The number of nitrogens with one attached hydrogen (secondary N) is 1. The van der Waals surface area contributed by atoms with Gasteiger partial charge in [0.1, 0.15) is 6.33 Å². The van der Waals surface area contributed by atoms with Gasteiger partial charge in [0.25, 0.3) is 11.3 Å². The summed E-state index contributed by atoms with van der Waals surface area (Å²) in [6.45, 7) is 3.23. The lowest BCUT2D eigenvalue weighted by molar-refractivity contribution is 0.0247. The van der Waals surface area contributed by atoms with E-state index in [0.29, 0.717) is 24.6 Å². The third-order valence-electron chi connectivity index (χ3n) is 5.17. The first-order valence-corrected chi connectivity index (χ1v) is 10.4. The quantitative estimate of drug-likeness (QED) is 0.654.